The Kier molecular flexibility index (Phi) is 12.4. The van der Waals surface area contributed by atoms with Crippen molar-refractivity contribution in [3.05, 3.63) is 144 Å². The Morgan fingerprint density at radius 1 is 0.306 bits per heavy atom. The molecule has 4 aromatic carbocycles. The fraction of sp³-hybridized carbons (Fsp3) is 0.100. The van der Waals surface area contributed by atoms with Crippen LogP contribution in [0.3, 0.4) is 0 Å². The molecule has 0 aliphatic carbocycles. The Bertz CT molecular complexity index is 2030. The Hall–Kier alpha value is -5.40. The molecule has 0 amide bonds. The smallest absolute Gasteiger partial charge is 0.871 e. The van der Waals surface area contributed by atoms with Gasteiger partial charge in [0.1, 0.15) is 0 Å². The Balaban J connectivity index is 0.000000146. The minimum absolute atomic E-state index is 0. The van der Waals surface area contributed by atoms with Gasteiger partial charge in [0.15, 0.2) is 0 Å². The molecule has 0 aliphatic heterocycles. The van der Waals surface area contributed by atoms with Crippen LogP contribution >= 0.6 is 0 Å². The van der Waals surface area contributed by atoms with Gasteiger partial charge >= 0.3 is 26.2 Å². The summed E-state index contributed by atoms with van der Waals surface area (Å²) < 4.78 is 0. The fourth-order valence-electron chi connectivity index (χ4n) is 4.87. The van der Waals surface area contributed by atoms with Crippen molar-refractivity contribution in [2.75, 3.05) is 0 Å². The zero-order chi connectivity index (χ0) is 34.2. The molecule has 8 aromatic rings. The number of hydrogen-bond acceptors (Lipinski definition) is 8. The van der Waals surface area contributed by atoms with E-state index in [1.54, 1.807) is 24.3 Å². The van der Waals surface area contributed by atoms with E-state index in [9.17, 15) is 20.4 Å². The zero-order valence-electron chi connectivity index (χ0n) is 27.5. The van der Waals surface area contributed by atoms with Gasteiger partial charge in [0, 0.05) is 22.8 Å². The van der Waals surface area contributed by atoms with E-state index in [1.165, 1.54) is 24.3 Å². The molecule has 0 unspecified atom stereocenters. The second-order valence-electron chi connectivity index (χ2n) is 11.1. The monoisotopic (exact) mass is 722 g/mol. The number of hydrogen-bond donors (Lipinski definition) is 0. The van der Waals surface area contributed by atoms with Crippen molar-refractivity contribution in [1.82, 2.24) is 19.9 Å². The minimum Gasteiger partial charge on any atom is -0.871 e. The summed E-state index contributed by atoms with van der Waals surface area (Å²) in [7, 11) is 0. The van der Waals surface area contributed by atoms with Crippen LogP contribution in [0.4, 0.5) is 0 Å². The van der Waals surface area contributed by atoms with Gasteiger partial charge in [0.05, 0.1) is 22.1 Å². The predicted octanol–water partition coefficient (Wildman–Crippen LogP) is 6.46. The molecule has 0 saturated heterocycles. The van der Waals surface area contributed by atoms with Crippen LogP contribution < -0.4 is 20.4 Å². The molecule has 0 atom stereocenters. The van der Waals surface area contributed by atoms with Crippen LogP contribution in [0, 0.1) is 27.7 Å². The van der Waals surface area contributed by atoms with Crippen LogP contribution in [-0.2, 0) is 26.2 Å². The van der Waals surface area contributed by atoms with Gasteiger partial charge in [-0.25, -0.2) is 0 Å². The van der Waals surface area contributed by atoms with E-state index in [1.807, 2.05) is 100 Å². The first kappa shape index (κ1) is 36.4. The molecule has 0 N–H and O–H groups in total. The molecule has 0 spiro atoms. The van der Waals surface area contributed by atoms with E-state index in [0.717, 1.165) is 44.3 Å². The largest absolute Gasteiger partial charge is 4.00 e. The summed E-state index contributed by atoms with van der Waals surface area (Å²) in [6.45, 7) is 7.52. The van der Waals surface area contributed by atoms with Crippen LogP contribution in [-0.4, -0.2) is 19.9 Å². The third-order valence-corrected chi connectivity index (χ3v) is 7.29. The molecule has 240 valence electrons. The van der Waals surface area contributed by atoms with Crippen molar-refractivity contribution in [3.63, 3.8) is 0 Å². The van der Waals surface area contributed by atoms with Gasteiger partial charge in [-0.2, -0.15) is 0 Å². The van der Waals surface area contributed by atoms with Crippen LogP contribution in [0.5, 0.6) is 23.0 Å². The number of nitrogens with zero attached hydrogens (tertiary/aromatic N) is 4. The van der Waals surface area contributed by atoms with Gasteiger partial charge in [-0.1, -0.05) is 120 Å². The number of para-hydroxylation sites is 4. The number of fused-ring (bicyclic) bond motifs is 4. The van der Waals surface area contributed by atoms with Crippen molar-refractivity contribution in [3.8, 4) is 23.0 Å². The topological polar surface area (TPSA) is 144 Å². The summed E-state index contributed by atoms with van der Waals surface area (Å²) in [4.78, 5) is 16.7. The maximum absolute atomic E-state index is 11.3. The van der Waals surface area contributed by atoms with Crippen LogP contribution in [0.2, 0.25) is 0 Å². The Morgan fingerprint density at radius 2 is 0.510 bits per heavy atom. The first-order valence-electron chi connectivity index (χ1n) is 15.2. The molecule has 4 heterocycles. The van der Waals surface area contributed by atoms with Gasteiger partial charge in [-0.15, -0.1) is 0 Å². The molecule has 0 aliphatic rings. The summed E-state index contributed by atoms with van der Waals surface area (Å²) in [5.41, 5.74) is 5.79. The average Bonchev–Trinajstić information content (AvgIpc) is 3.07. The van der Waals surface area contributed by atoms with E-state index in [4.69, 9.17) is 0 Å². The fourth-order valence-corrected chi connectivity index (χ4v) is 4.87. The van der Waals surface area contributed by atoms with Crippen molar-refractivity contribution >= 4 is 43.6 Å². The van der Waals surface area contributed by atoms with E-state index in [2.05, 4.69) is 19.9 Å². The van der Waals surface area contributed by atoms with E-state index < -0.39 is 0 Å². The van der Waals surface area contributed by atoms with Crippen LogP contribution in [0.25, 0.3) is 43.6 Å². The standard InChI is InChI=1S/4C10H9NO.Zr/c4*1-7-5-6-8-3-2-4-9(12)10(8)11-7;/h4*2-6,12H,1H3;/q;;;;+4/p-4. The quantitative estimate of drug-likeness (QED) is 0.173. The van der Waals surface area contributed by atoms with Crippen molar-refractivity contribution < 1.29 is 46.6 Å². The summed E-state index contributed by atoms with van der Waals surface area (Å²) in [5, 5.41) is 48.7. The summed E-state index contributed by atoms with van der Waals surface area (Å²) in [5.74, 6) is -0.0141. The van der Waals surface area contributed by atoms with Gasteiger partial charge in [0.25, 0.3) is 0 Å². The van der Waals surface area contributed by atoms with E-state index in [-0.39, 0.29) is 49.2 Å². The molecule has 0 saturated carbocycles. The van der Waals surface area contributed by atoms with Gasteiger partial charge in [-0.05, 0) is 73.5 Å². The van der Waals surface area contributed by atoms with Crippen LogP contribution in [0.15, 0.2) is 121 Å². The SMILES string of the molecule is Cc1ccc2cccc([O-])c2n1.Cc1ccc2cccc([O-])c2n1.Cc1ccc2cccc([O-])c2n1.Cc1ccc2cccc([O-])c2n1.[Zr+4]. The first-order chi connectivity index (χ1) is 23.1. The van der Waals surface area contributed by atoms with Gasteiger partial charge < -0.3 is 20.4 Å². The van der Waals surface area contributed by atoms with Crippen molar-refractivity contribution in [2.24, 2.45) is 0 Å². The molecular weight excluding hydrogens is 692 g/mol. The molecule has 0 radical (unpaired) electrons. The second kappa shape index (κ2) is 16.6. The number of aryl methyl sites for hydroxylation is 4. The maximum Gasteiger partial charge on any atom is 4.00 e. The number of rotatable bonds is 0. The number of pyridine rings is 4. The summed E-state index contributed by atoms with van der Waals surface area (Å²) in [6, 6.07) is 36.0. The van der Waals surface area contributed by atoms with Gasteiger partial charge in [0.2, 0.25) is 0 Å². The molecule has 9 heteroatoms. The van der Waals surface area contributed by atoms with Gasteiger partial charge in [-0.3, -0.25) is 19.9 Å². The zero-order valence-corrected chi connectivity index (χ0v) is 29.9. The average molecular weight is 724 g/mol. The summed E-state index contributed by atoms with van der Waals surface area (Å²) >= 11 is 0. The molecule has 0 bridgehead atoms. The minimum atomic E-state index is -0.00352. The molecule has 8 rings (SSSR count). The number of aromatic nitrogens is 4. The third-order valence-electron chi connectivity index (χ3n) is 7.29. The van der Waals surface area contributed by atoms with E-state index in [0.29, 0.717) is 22.1 Å². The van der Waals surface area contributed by atoms with Crippen LogP contribution in [0.1, 0.15) is 22.8 Å². The first-order valence-corrected chi connectivity index (χ1v) is 15.2. The molecule has 8 nitrogen and oxygen atoms in total. The third kappa shape index (κ3) is 9.36. The predicted molar refractivity (Wildman–Crippen MR) is 184 cm³/mol. The normalized spacial score (nSPS) is 10.2. The maximum atomic E-state index is 11.3. The Morgan fingerprint density at radius 3 is 0.714 bits per heavy atom. The molecular formula is C40H32N4O4Zr. The molecule has 4 aromatic heterocycles. The van der Waals surface area contributed by atoms with E-state index >= 15 is 0 Å². The Labute approximate surface area is 303 Å². The second-order valence-corrected chi connectivity index (χ2v) is 11.1. The van der Waals surface area contributed by atoms with Crippen molar-refractivity contribution in [1.29, 1.82) is 0 Å². The van der Waals surface area contributed by atoms with Crippen molar-refractivity contribution in [2.45, 2.75) is 27.7 Å². The molecule has 0 fully saturated rings. The summed E-state index contributed by atoms with van der Waals surface area (Å²) in [6.07, 6.45) is 0. The molecule has 49 heavy (non-hydrogen) atoms. The number of benzene rings is 4.